The largest absolute Gasteiger partial charge is 0.508 e. The van der Waals surface area contributed by atoms with Crippen molar-refractivity contribution in [3.8, 4) is 5.75 Å². The number of nitrogens with zero attached hydrogens (tertiary/aromatic N) is 7. The first-order valence-electron chi connectivity index (χ1n) is 45.2. The van der Waals surface area contributed by atoms with E-state index in [1.807, 2.05) is 13.8 Å². The first-order valence-corrected chi connectivity index (χ1v) is 46.3. The molecule has 2 aromatic carbocycles. The Balaban J connectivity index is 1.21. The number of fused-ring (bicyclic) bond motifs is 4. The molecule has 6 heterocycles. The number of aromatic nitrogens is 3. The molecule has 0 saturated carbocycles. The molecule has 44 heteroatoms. The van der Waals surface area contributed by atoms with Crippen molar-refractivity contribution in [2.24, 2.45) is 34.8 Å². The average molecular weight is 1890 g/mol. The van der Waals surface area contributed by atoms with Crippen molar-refractivity contribution < 1.29 is 102 Å². The molecule has 134 heavy (non-hydrogen) atoms. The fourth-order valence-corrected chi connectivity index (χ4v) is 17.5. The summed E-state index contributed by atoms with van der Waals surface area (Å²) in [5, 5.41) is 58.8. The second-order valence-electron chi connectivity index (χ2n) is 35.2. The van der Waals surface area contributed by atoms with Gasteiger partial charge in [-0.1, -0.05) is 97.6 Å². The molecule has 17 amide bonds. The number of primary amides is 2. The average Bonchev–Trinajstić information content (AvgIpc) is 1.64. The smallest absolute Gasteiger partial charge is 0.307 e. The van der Waals surface area contributed by atoms with Crippen LogP contribution in [0.3, 0.4) is 0 Å². The molecule has 15 atom stereocenters. The number of aliphatic hydroxyl groups excluding tert-OH is 1. The van der Waals surface area contributed by atoms with E-state index in [9.17, 15) is 68.1 Å². The number of aromatic hydroxyl groups is 1. The highest BCUT2D eigenvalue weighted by molar-refractivity contribution is 8.00. The first kappa shape index (κ1) is 107. The predicted octanol–water partition coefficient (Wildman–Crippen LogP) is -2.84. The molecular formula is C90H130N22O21S. The molecule has 3 aliphatic heterocycles. The summed E-state index contributed by atoms with van der Waals surface area (Å²) in [6.07, 6.45) is 2.08. The Morgan fingerprint density at radius 1 is 0.582 bits per heavy atom. The van der Waals surface area contributed by atoms with Gasteiger partial charge in [-0.05, 0) is 112 Å². The van der Waals surface area contributed by atoms with Gasteiger partial charge in [0.05, 0.1) is 48.8 Å². The summed E-state index contributed by atoms with van der Waals surface area (Å²) in [6, 6.07) is -5.82. The fraction of sp³-hybridized carbons (Fsp3) is 0.567. The number of nitrogens with two attached hydrogens (primary N) is 4. The summed E-state index contributed by atoms with van der Waals surface area (Å²) in [5.74, 6) is -18.9. The quantitative estimate of drug-likeness (QED) is 0.0265. The van der Waals surface area contributed by atoms with Gasteiger partial charge in [-0.25, -0.2) is 0 Å². The zero-order chi connectivity index (χ0) is 98.6. The molecule has 22 N–H and O–H groups in total. The number of likely N-dealkylation sites (N-methyl/N-ethyl adjacent to an activating group) is 3. The Kier molecular flexibility index (Phi) is 40.0. The number of unbranched alkanes of at least 4 members (excludes halogenated alkanes) is 2. The van der Waals surface area contributed by atoms with E-state index in [1.54, 1.807) is 70.3 Å². The second kappa shape index (κ2) is 50.3. The Bertz CT molecular complexity index is 5050. The minimum atomic E-state index is -1.77. The van der Waals surface area contributed by atoms with E-state index in [4.69, 9.17) is 22.9 Å². The maximum absolute atomic E-state index is 15.9. The highest BCUT2D eigenvalue weighted by Gasteiger charge is 2.47. The monoisotopic (exact) mass is 1890 g/mol. The van der Waals surface area contributed by atoms with Gasteiger partial charge >= 0.3 is 5.97 Å². The lowest BCUT2D eigenvalue weighted by molar-refractivity contribution is -0.149. The third kappa shape index (κ3) is 29.3. The van der Waals surface area contributed by atoms with Crippen LogP contribution < -0.4 is 76.1 Å². The van der Waals surface area contributed by atoms with Gasteiger partial charge in [0.15, 0.2) is 0 Å². The third-order valence-corrected chi connectivity index (χ3v) is 24.9. The van der Waals surface area contributed by atoms with Crippen molar-refractivity contribution in [2.45, 2.75) is 248 Å². The van der Waals surface area contributed by atoms with Crippen LogP contribution in [-0.2, 0) is 112 Å². The number of benzene rings is 2. The molecule has 0 spiro atoms. The van der Waals surface area contributed by atoms with Gasteiger partial charge in [0.25, 0.3) is 0 Å². The molecule has 43 nitrogen and oxygen atoms in total. The molecule has 732 valence electrons. The van der Waals surface area contributed by atoms with E-state index >= 15 is 33.6 Å². The number of H-pyrrole nitrogens is 1. The lowest BCUT2D eigenvalue weighted by Gasteiger charge is -2.36. The van der Waals surface area contributed by atoms with Crippen LogP contribution in [-0.4, -0.2) is 317 Å². The number of thioether (sulfide) groups is 1. The van der Waals surface area contributed by atoms with Gasteiger partial charge in [-0.2, -0.15) is 0 Å². The maximum Gasteiger partial charge on any atom is 0.307 e. The van der Waals surface area contributed by atoms with E-state index in [1.165, 1.54) is 69.3 Å². The third-order valence-electron chi connectivity index (χ3n) is 23.9. The molecule has 0 aliphatic carbocycles. The number of nitrogens with one attached hydrogen (secondary N) is 11. The van der Waals surface area contributed by atoms with Gasteiger partial charge < -0.3 is 125 Å². The van der Waals surface area contributed by atoms with Crippen LogP contribution in [0, 0.1) is 11.8 Å². The van der Waals surface area contributed by atoms with E-state index in [2.05, 4.69) is 63.1 Å². The minimum Gasteiger partial charge on any atom is -0.508 e. The summed E-state index contributed by atoms with van der Waals surface area (Å²) < 4.78 is 1.50. The molecular weight excluding hydrogens is 1760 g/mol. The number of para-hydroxylation sites is 1. The van der Waals surface area contributed by atoms with Crippen LogP contribution in [0.2, 0.25) is 0 Å². The number of hydrogen-bond donors (Lipinski definition) is 18. The van der Waals surface area contributed by atoms with Crippen molar-refractivity contribution in [3.63, 3.8) is 0 Å². The molecule has 3 aromatic heterocycles. The van der Waals surface area contributed by atoms with Crippen LogP contribution in [0.4, 0.5) is 0 Å². The number of aromatic amines is 1. The van der Waals surface area contributed by atoms with Gasteiger partial charge in [-0.3, -0.25) is 91.3 Å². The Labute approximate surface area is 780 Å². The number of carbonyl (C=O) groups excluding carboxylic acids is 17. The molecule has 0 bridgehead atoms. The molecule has 8 rings (SSSR count). The molecule has 3 aliphatic rings. The molecule has 3 saturated heterocycles. The number of aliphatic carboxylic acids is 1. The summed E-state index contributed by atoms with van der Waals surface area (Å²) in [5.41, 5.74) is 25.9. The normalized spacial score (nSPS) is 24.9. The van der Waals surface area contributed by atoms with Crippen LogP contribution in [0.25, 0.3) is 21.9 Å². The Hall–Kier alpha value is -12.8. The number of pyridine rings is 1. The van der Waals surface area contributed by atoms with Gasteiger partial charge in [0, 0.05) is 101 Å². The maximum atomic E-state index is 15.9. The van der Waals surface area contributed by atoms with Crippen molar-refractivity contribution in [1.29, 1.82) is 0 Å². The van der Waals surface area contributed by atoms with Gasteiger partial charge in [0.2, 0.25) is 100 Å². The number of amides is 17. The number of carbonyl (C=O) groups is 18. The van der Waals surface area contributed by atoms with E-state index < -0.39 is 254 Å². The van der Waals surface area contributed by atoms with Crippen LogP contribution >= 0.6 is 11.8 Å². The van der Waals surface area contributed by atoms with Crippen molar-refractivity contribution >= 4 is 140 Å². The van der Waals surface area contributed by atoms with Crippen LogP contribution in [0.5, 0.6) is 5.75 Å². The van der Waals surface area contributed by atoms with Gasteiger partial charge in [0.1, 0.15) is 90.3 Å². The summed E-state index contributed by atoms with van der Waals surface area (Å²) in [7, 11) is 3.89. The van der Waals surface area contributed by atoms with E-state index in [0.717, 1.165) is 36.3 Å². The van der Waals surface area contributed by atoms with Crippen molar-refractivity contribution in [3.05, 3.63) is 95.9 Å². The van der Waals surface area contributed by atoms with Crippen LogP contribution in [0.15, 0.2) is 79.3 Å². The summed E-state index contributed by atoms with van der Waals surface area (Å²) in [6.45, 7) is 9.27. The number of phenols is 1. The van der Waals surface area contributed by atoms with Crippen LogP contribution in [0.1, 0.15) is 149 Å². The highest BCUT2D eigenvalue weighted by Crippen LogP contribution is 2.28. The standard InChI is InChI=1S/C90H130N22O21S/c1-11-13-21-68-83(126)100-59(33-48(3)4)80(123)106-66(78(121)97-42-73(94)116)46-134-47-74(117)98-62(35-51-25-27-54(113)28-26-51)86(129)107(8)50(7)77(120)102-63(39-72(93)115)88(131)111-32-18-24-69(111)84(127)104-64(40-92)82(125)103-61(34-49(5)6)89(132)112-44-55(114)38-71(112)85(128)101-60(36-52-41-96-57-20-16-15-19-56(52)57)81(124)99-58(29-30-91)79(122)105-65(87(130)109(10)70(22-14-12-2)90(133)108(68)9)45-110-43-53(37-75(118)119)76-67(110)23-17-31-95-76/h15-17,19-20,23,25-28,31,41,43,48-50,55,58-66,68-71,96,113-114H,11-14,18,21-22,24,29-30,32-40,42,44-47,91-92H2,1-10H3,(H2,93,115)(H2,94,116)(H,97,121)(H,98,117)(H,99,124)(H,100,126)(H,101,128)(H,102,120)(H,103,125)(H,104,127)(H,105,122)(H,106,123)(H,118,119)/t50-,55+,58-,59-,60-,61-,62-,63-,64-,65?,66-,68-,69-,70-,71-/m0/s1. The number of rotatable bonds is 26. The summed E-state index contributed by atoms with van der Waals surface area (Å²) >= 11 is 0.782. The zero-order valence-electron chi connectivity index (χ0n) is 77.3. The second-order valence-corrected chi connectivity index (χ2v) is 36.2. The molecule has 5 aromatic rings. The number of carboxylic acid groups (broad SMARTS) is 1. The SMILES string of the molecule is CCCC[C@H]1C(=O)N(C)[C@@H](CCCC)C(=O)N[C@@H](CC(C)C)C(=O)N[C@H](C(=O)NCC(N)=O)CSCC(=O)N[C@@H](Cc2ccc(O)cc2)C(=O)N(C)[C@@H](C)C(=O)N[C@@H](CC(N)=O)C(=O)N2CCC[C@H]2C(=O)N[C@@H](CN)C(=O)N[C@@H](CC(C)C)C(=O)N2C[C@H](O)C[C@H]2C(=O)N[C@@H](Cc2c[nH]c3ccccc23)C(=O)N[C@@H](CCN)C(=O)NC(Cn2cc(CC(=O)O)c3ncccc32)C(=O)N1C. The predicted molar refractivity (Wildman–Crippen MR) is 492 cm³/mol. The van der Waals surface area contributed by atoms with E-state index in [0.29, 0.717) is 53.2 Å². The Morgan fingerprint density at radius 3 is 1.81 bits per heavy atom. The summed E-state index contributed by atoms with van der Waals surface area (Å²) in [4.78, 5) is 275. The van der Waals surface area contributed by atoms with Crippen molar-refractivity contribution in [1.82, 2.24) is 92.2 Å². The lowest BCUT2D eigenvalue weighted by Crippen LogP contribution is -2.62. The minimum absolute atomic E-state index is 0.00444. The number of carboxylic acids is 1. The fourth-order valence-electron chi connectivity index (χ4n) is 16.6. The Morgan fingerprint density at radius 2 is 1.16 bits per heavy atom. The highest BCUT2D eigenvalue weighted by atomic mass is 32.2. The number of aliphatic hydroxyl groups is 1. The molecule has 1 unspecified atom stereocenters. The van der Waals surface area contributed by atoms with E-state index in [-0.39, 0.29) is 99.5 Å². The van der Waals surface area contributed by atoms with Crippen molar-refractivity contribution in [2.75, 3.05) is 65.4 Å². The molecule has 3 fully saturated rings. The number of phenolic OH excluding ortho intramolecular Hbond substituents is 1. The van der Waals surface area contributed by atoms with Gasteiger partial charge in [-0.15, -0.1) is 11.8 Å². The first-order chi connectivity index (χ1) is 63.6. The zero-order valence-corrected chi connectivity index (χ0v) is 78.1. The number of hydrogen-bond acceptors (Lipinski definition) is 24. The lowest BCUT2D eigenvalue weighted by atomic mass is 10.00. The molecule has 0 radical (unpaired) electrons. The topological polar surface area (TPSA) is 642 Å².